The summed E-state index contributed by atoms with van der Waals surface area (Å²) >= 11 is 0. The largest absolute Gasteiger partial charge is 0.545 e. The van der Waals surface area contributed by atoms with Crippen LogP contribution in [-0.2, 0) is 53.0 Å². The molecule has 25 nitrogen and oxygen atoms in total. The number of ether oxygens (including phenoxy) is 3. The highest BCUT2D eigenvalue weighted by atomic mass is 16.5. The predicted octanol–water partition coefficient (Wildman–Crippen LogP) is 2.91. The van der Waals surface area contributed by atoms with Gasteiger partial charge in [0.15, 0.2) is 0 Å². The van der Waals surface area contributed by atoms with Crippen molar-refractivity contribution in [2.24, 2.45) is 10.7 Å². The van der Waals surface area contributed by atoms with Crippen LogP contribution in [0.25, 0.3) is 0 Å². The lowest BCUT2D eigenvalue weighted by Crippen LogP contribution is -2.39. The van der Waals surface area contributed by atoms with Crippen molar-refractivity contribution in [1.29, 1.82) is 0 Å². The molecule has 0 spiro atoms. The van der Waals surface area contributed by atoms with Crippen molar-refractivity contribution in [3.8, 4) is 0 Å². The zero-order valence-electron chi connectivity index (χ0n) is 44.3. The zero-order chi connectivity index (χ0) is 58.2. The summed E-state index contributed by atoms with van der Waals surface area (Å²) in [6, 6.07) is 15.8. The van der Waals surface area contributed by atoms with Crippen LogP contribution in [0.1, 0.15) is 60.7 Å². The molecule has 0 saturated heterocycles. The fourth-order valence-corrected chi connectivity index (χ4v) is 4.99. The van der Waals surface area contributed by atoms with Gasteiger partial charge in [0.25, 0.3) is 0 Å². The Hall–Kier alpha value is -9.48. The first-order valence-electron chi connectivity index (χ1n) is 24.1. The molecule has 2 aromatic carbocycles. The van der Waals surface area contributed by atoms with Gasteiger partial charge in [-0.05, 0) is 57.9 Å². The minimum absolute atomic E-state index is 0.0981. The summed E-state index contributed by atoms with van der Waals surface area (Å²) in [5, 5.41) is 29.1. The maximum Gasteiger partial charge on any atom is 0.335 e. The Bertz CT molecular complexity index is 2400. The van der Waals surface area contributed by atoms with E-state index in [0.29, 0.717) is 35.4 Å². The summed E-state index contributed by atoms with van der Waals surface area (Å²) in [7, 11) is 0. The van der Waals surface area contributed by atoms with Crippen LogP contribution in [0, 0.1) is 0 Å². The lowest BCUT2D eigenvalue weighted by atomic mass is 10.2. The first kappa shape index (κ1) is 68.5. The molecule has 422 valence electrons. The van der Waals surface area contributed by atoms with Crippen molar-refractivity contribution < 1.29 is 67.3 Å². The molecule has 3 aromatic heterocycles. The summed E-state index contributed by atoms with van der Waals surface area (Å²) in [5.74, 6) is -3.37. The number of carbonyl (C=O) groups is 7. The van der Waals surface area contributed by atoms with E-state index in [1.54, 1.807) is 94.4 Å². The average Bonchev–Trinajstić information content (AvgIpc) is 4.27. The molecule has 0 radical (unpaired) electrons. The van der Waals surface area contributed by atoms with Crippen LogP contribution in [0.4, 0.5) is 9.59 Å². The molecule has 0 aliphatic rings. The maximum atomic E-state index is 11.4. The second-order valence-electron chi connectivity index (χ2n) is 15.7. The van der Waals surface area contributed by atoms with E-state index in [-0.39, 0.29) is 57.1 Å². The number of carboxylic acids is 2. The van der Waals surface area contributed by atoms with Gasteiger partial charge in [0.1, 0.15) is 32.2 Å². The quantitative estimate of drug-likeness (QED) is 0.00840. The van der Waals surface area contributed by atoms with Gasteiger partial charge in [0.05, 0.1) is 50.4 Å². The van der Waals surface area contributed by atoms with Crippen molar-refractivity contribution in [1.82, 2.24) is 45.4 Å². The number of aryl methyl sites for hydroxylation is 3. The summed E-state index contributed by atoms with van der Waals surface area (Å²) < 4.78 is 20.2. The first-order valence-corrected chi connectivity index (χ1v) is 24.1. The Kier molecular flexibility index (Phi) is 39.5. The topological polar surface area (TPSA) is 349 Å². The number of nitrogens with zero attached hydrogens (tertiary/aromatic N) is 6. The smallest absolute Gasteiger partial charge is 0.335 e. The molecule has 78 heavy (non-hydrogen) atoms. The molecule has 0 fully saturated rings. The van der Waals surface area contributed by atoms with Gasteiger partial charge in [-0.15, -0.1) is 0 Å². The van der Waals surface area contributed by atoms with Gasteiger partial charge >= 0.3 is 35.9 Å². The van der Waals surface area contributed by atoms with E-state index in [9.17, 15) is 43.5 Å². The molecule has 4 amide bonds. The molecule has 0 aliphatic carbocycles. The number of H-pyrrole nitrogens is 1. The number of carboxylic acid groups (broad SMARTS) is 2. The zero-order valence-corrected chi connectivity index (χ0v) is 44.3. The molecular formula is C53H72N12O13. The molecule has 0 unspecified atom stereocenters. The maximum absolute atomic E-state index is 11.4. The molecule has 8 N–H and O–H groups in total. The van der Waals surface area contributed by atoms with Crippen LogP contribution >= 0.6 is 0 Å². The minimum Gasteiger partial charge on any atom is -0.545 e. The predicted molar refractivity (Wildman–Crippen MR) is 286 cm³/mol. The van der Waals surface area contributed by atoms with Crippen LogP contribution in [0.15, 0.2) is 158 Å². The first-order chi connectivity index (χ1) is 37.4. The Balaban J connectivity index is 0.000000947. The molecule has 25 heteroatoms. The number of aromatic amines is 1. The van der Waals surface area contributed by atoms with E-state index in [2.05, 4.69) is 65.7 Å². The monoisotopic (exact) mass is 1080 g/mol. The Morgan fingerprint density at radius 1 is 0.692 bits per heavy atom. The van der Waals surface area contributed by atoms with Gasteiger partial charge in [-0.1, -0.05) is 68.3 Å². The third-order valence-corrected chi connectivity index (χ3v) is 8.92. The standard InChI is InChI=1S/2C13H20N4O3.C7H9NO3.2C7H6O2.C6H11N3/c2*1-11(2)12(18)20-9-6-16-13(19)15-4-3-7-17-8-5-14-10-17;1-6(2)7(10)11-4-3-8-5-9;2*8-7(9)6-4-2-1-3-5-6;7-2-1-4-9-5-3-8-6-9/h2*5,8,10H,1,3-4,6-7,9H2,2H3,(H2,15,16,19);1,3-4H2,2H3;2*1-5H,(H,8,9);3,5-6H,1-2,4,7H2. The van der Waals surface area contributed by atoms with Crippen LogP contribution in [0.3, 0.4) is 0 Å². The fourth-order valence-electron chi connectivity index (χ4n) is 4.99. The fraction of sp³-hybridized carbons (Fsp3) is 0.340. The van der Waals surface area contributed by atoms with E-state index < -0.39 is 29.8 Å². The number of benzene rings is 2. The minimum atomic E-state index is -1.13. The third-order valence-electron chi connectivity index (χ3n) is 8.92. The number of nitrogens with one attached hydrogen (secondary N) is 5. The summed E-state index contributed by atoms with van der Waals surface area (Å²) in [5.41, 5.74) is 6.88. The van der Waals surface area contributed by atoms with Crippen molar-refractivity contribution in [2.45, 2.75) is 59.7 Å². The number of nitrogens with two attached hydrogens (primary N) is 1. The van der Waals surface area contributed by atoms with Gasteiger partial charge in [-0.3, -0.25) is 4.98 Å². The molecule has 0 bridgehead atoms. The normalized spacial score (nSPS) is 9.38. The number of aromatic carboxylic acids is 2. The lowest BCUT2D eigenvalue weighted by Gasteiger charge is -2.08. The van der Waals surface area contributed by atoms with Crippen LogP contribution < -0.4 is 36.7 Å². The highest BCUT2D eigenvalue weighted by Crippen LogP contribution is 1.97. The van der Waals surface area contributed by atoms with Crippen LogP contribution in [0.5, 0.6) is 0 Å². The molecule has 0 saturated carbocycles. The van der Waals surface area contributed by atoms with Gasteiger partial charge in [0, 0.05) is 74.1 Å². The van der Waals surface area contributed by atoms with Crippen LogP contribution in [-0.4, -0.2) is 136 Å². The van der Waals surface area contributed by atoms with E-state index in [1.807, 2.05) is 44.8 Å². The number of hydrogen-bond acceptors (Lipinski definition) is 16. The Morgan fingerprint density at radius 3 is 1.51 bits per heavy atom. The summed E-state index contributed by atoms with van der Waals surface area (Å²) in [6.07, 6.45) is 20.5. The molecule has 5 aromatic rings. The lowest BCUT2D eigenvalue weighted by molar-refractivity contribution is -0.695. The third kappa shape index (κ3) is 39.0. The molecule has 5 rings (SSSR count). The van der Waals surface area contributed by atoms with Gasteiger partial charge in [-0.2, -0.15) is 0 Å². The Morgan fingerprint density at radius 2 is 1.14 bits per heavy atom. The van der Waals surface area contributed by atoms with E-state index in [1.165, 1.54) is 18.2 Å². The van der Waals surface area contributed by atoms with Crippen molar-refractivity contribution >= 4 is 48.0 Å². The molecular weight excluding hydrogens is 1010 g/mol. The second-order valence-corrected chi connectivity index (χ2v) is 15.7. The van der Waals surface area contributed by atoms with E-state index in [0.717, 1.165) is 45.4 Å². The number of imidazole rings is 3. The SMILES string of the molecule is C=C(C)C(=O)OCCN=C=O.C=C(C)C(=O)OCCNC(=O)NCCC[n+]1cc[nH]c1.C=C(C)C(=O)OCCNC(=O)NCCCn1ccnc1.NCCCn1ccnc1.O=C(O)c1ccccc1.O=C([O-])c1ccccc1. The van der Waals surface area contributed by atoms with E-state index in [4.69, 9.17) is 20.3 Å². The number of rotatable bonds is 25. The summed E-state index contributed by atoms with van der Waals surface area (Å²) in [6.45, 7) is 20.6. The number of hydrogen-bond donors (Lipinski definition) is 7. The molecule has 3 heterocycles. The number of aliphatic imine (C=N–C) groups is 1. The Labute approximate surface area is 453 Å². The van der Waals surface area contributed by atoms with Crippen LogP contribution in [0.2, 0.25) is 0 Å². The number of carbonyl (C=O) groups excluding carboxylic acids is 7. The highest BCUT2D eigenvalue weighted by Gasteiger charge is 2.06. The van der Waals surface area contributed by atoms with Gasteiger partial charge < -0.3 is 65.4 Å². The van der Waals surface area contributed by atoms with Gasteiger partial charge in [-0.25, -0.2) is 53.1 Å². The number of isocyanates is 1. The van der Waals surface area contributed by atoms with E-state index >= 15 is 0 Å². The van der Waals surface area contributed by atoms with Crippen molar-refractivity contribution in [3.05, 3.63) is 164 Å². The average molecular weight is 1090 g/mol. The molecule has 0 aliphatic heterocycles. The second kappa shape index (κ2) is 45.0. The highest BCUT2D eigenvalue weighted by molar-refractivity contribution is 5.88. The molecule has 0 atom stereocenters. The van der Waals surface area contributed by atoms with Crippen molar-refractivity contribution in [3.63, 3.8) is 0 Å². The number of esters is 3. The van der Waals surface area contributed by atoms with Crippen molar-refractivity contribution in [2.75, 3.05) is 59.1 Å². The number of amides is 4. The number of urea groups is 2. The summed E-state index contributed by atoms with van der Waals surface area (Å²) in [4.78, 5) is 99.3. The number of aromatic nitrogens is 6. The van der Waals surface area contributed by atoms with Gasteiger partial charge in [0.2, 0.25) is 12.4 Å².